The van der Waals surface area contributed by atoms with Gasteiger partial charge in [0.05, 0.1) is 45.6 Å². The first-order chi connectivity index (χ1) is 21.4. The number of aliphatic imine (C=N–C) groups is 1. The molecule has 2 aliphatic rings. The number of carbonyl (C=O) groups is 3. The van der Waals surface area contributed by atoms with E-state index in [2.05, 4.69) is 20.9 Å². The van der Waals surface area contributed by atoms with E-state index in [1.165, 1.54) is 43.5 Å². The molecule has 5 rings (SSSR count). The predicted molar refractivity (Wildman–Crippen MR) is 159 cm³/mol. The maximum absolute atomic E-state index is 15.2. The van der Waals surface area contributed by atoms with Crippen LogP contribution >= 0.6 is 0 Å². The van der Waals surface area contributed by atoms with Gasteiger partial charge in [-0.3, -0.25) is 19.4 Å². The topological polar surface area (TPSA) is 148 Å². The summed E-state index contributed by atoms with van der Waals surface area (Å²) in [4.78, 5) is 43.6. The molecule has 0 spiro atoms. The van der Waals surface area contributed by atoms with Crippen molar-refractivity contribution in [2.45, 2.75) is 18.6 Å². The van der Waals surface area contributed by atoms with Crippen LogP contribution in [-0.4, -0.2) is 87.6 Å². The number of amides is 2. The summed E-state index contributed by atoms with van der Waals surface area (Å²) in [5.41, 5.74) is 2.65. The van der Waals surface area contributed by atoms with Crippen molar-refractivity contribution in [2.24, 2.45) is 4.99 Å². The van der Waals surface area contributed by atoms with E-state index in [0.717, 1.165) is 11.1 Å². The molecular weight excluding hydrogens is 571 g/mol. The number of halogens is 1. The molecule has 0 bridgehead atoms. The van der Waals surface area contributed by atoms with E-state index >= 15 is 4.39 Å². The molecule has 0 aliphatic carbocycles. The fraction of sp³-hybridized carbons (Fsp3) is 0.312. The van der Waals surface area contributed by atoms with Crippen LogP contribution in [0.15, 0.2) is 59.6 Å². The quantitative estimate of drug-likeness (QED) is 0.171. The monoisotopic (exact) mass is 604 g/mol. The molecule has 0 aromatic heterocycles. The van der Waals surface area contributed by atoms with E-state index < -0.39 is 11.6 Å². The Morgan fingerprint density at radius 3 is 2.27 bits per heavy atom. The first-order valence-electron chi connectivity index (χ1n) is 14.2. The van der Waals surface area contributed by atoms with Crippen molar-refractivity contribution in [3.8, 4) is 11.5 Å². The zero-order valence-electron chi connectivity index (χ0n) is 24.1. The number of ketones is 1. The summed E-state index contributed by atoms with van der Waals surface area (Å²) in [7, 11) is 1.29. The summed E-state index contributed by atoms with van der Waals surface area (Å²) in [5.74, 6) is -2.25. The van der Waals surface area contributed by atoms with Gasteiger partial charge in [-0.05, 0) is 47.5 Å². The Bertz CT molecular complexity index is 1560. The Balaban J connectivity index is 1.23. The Labute approximate surface area is 253 Å². The molecule has 2 amide bonds. The van der Waals surface area contributed by atoms with Crippen LogP contribution in [0.1, 0.15) is 47.8 Å². The van der Waals surface area contributed by atoms with Crippen molar-refractivity contribution < 1.29 is 38.1 Å². The third-order valence-corrected chi connectivity index (χ3v) is 7.39. The van der Waals surface area contributed by atoms with E-state index in [1.807, 2.05) is 12.1 Å². The minimum Gasteiger partial charge on any atom is -0.494 e. The van der Waals surface area contributed by atoms with Crippen LogP contribution in [0.3, 0.4) is 0 Å². The van der Waals surface area contributed by atoms with E-state index in [-0.39, 0.29) is 73.0 Å². The van der Waals surface area contributed by atoms with Gasteiger partial charge in [0.2, 0.25) is 0 Å². The number of nitrogens with one attached hydrogen (secondary N) is 3. The van der Waals surface area contributed by atoms with E-state index in [9.17, 15) is 14.4 Å². The molecule has 2 aliphatic heterocycles. The number of aliphatic hydroxyl groups is 1. The van der Waals surface area contributed by atoms with Gasteiger partial charge in [-0.1, -0.05) is 18.2 Å². The maximum atomic E-state index is 15.2. The molecule has 3 aromatic rings. The lowest BCUT2D eigenvalue weighted by molar-refractivity contribution is 0.0700. The summed E-state index contributed by atoms with van der Waals surface area (Å²) >= 11 is 0. The lowest BCUT2D eigenvalue weighted by Crippen LogP contribution is -2.51. The second-order valence-electron chi connectivity index (χ2n) is 10.2. The first kappa shape index (κ1) is 30.8. The number of hydrogen-bond acceptors (Lipinski definition) is 9. The molecule has 2 atom stereocenters. The van der Waals surface area contributed by atoms with Gasteiger partial charge in [0.1, 0.15) is 17.9 Å². The zero-order chi connectivity index (χ0) is 31.1. The highest BCUT2D eigenvalue weighted by molar-refractivity contribution is 6.11. The Morgan fingerprint density at radius 2 is 1.57 bits per heavy atom. The van der Waals surface area contributed by atoms with Crippen molar-refractivity contribution >= 4 is 23.8 Å². The first-order valence-corrected chi connectivity index (χ1v) is 14.2. The highest BCUT2D eigenvalue weighted by Crippen LogP contribution is 2.31. The van der Waals surface area contributed by atoms with Gasteiger partial charge < -0.3 is 35.3 Å². The Morgan fingerprint density at radius 1 is 0.909 bits per heavy atom. The third-order valence-electron chi connectivity index (χ3n) is 7.39. The molecule has 1 saturated heterocycles. The maximum Gasteiger partial charge on any atom is 0.251 e. The summed E-state index contributed by atoms with van der Waals surface area (Å²) in [6, 6.07) is 13.4. The fourth-order valence-electron chi connectivity index (χ4n) is 5.06. The molecule has 4 N–H and O–H groups in total. The number of fused-ring (bicyclic) bond motifs is 1. The van der Waals surface area contributed by atoms with Crippen LogP contribution in [-0.2, 0) is 11.3 Å². The molecule has 0 unspecified atom stereocenters. The number of rotatable bonds is 13. The molecule has 230 valence electrons. The number of benzene rings is 3. The van der Waals surface area contributed by atoms with Crippen LogP contribution < -0.4 is 25.4 Å². The second kappa shape index (κ2) is 14.2. The van der Waals surface area contributed by atoms with Gasteiger partial charge in [0.15, 0.2) is 17.3 Å². The van der Waals surface area contributed by atoms with Crippen LogP contribution in [0.5, 0.6) is 11.5 Å². The van der Waals surface area contributed by atoms with Gasteiger partial charge in [-0.15, -0.1) is 0 Å². The Hall–Kier alpha value is -4.65. The number of hydrogen-bond donors (Lipinski definition) is 4. The molecule has 12 heteroatoms. The van der Waals surface area contributed by atoms with Gasteiger partial charge in [-0.25, -0.2) is 4.39 Å². The van der Waals surface area contributed by atoms with Crippen molar-refractivity contribution in [1.82, 2.24) is 16.0 Å². The molecule has 0 saturated carbocycles. The van der Waals surface area contributed by atoms with Gasteiger partial charge in [0, 0.05) is 36.0 Å². The minimum absolute atomic E-state index is 0.0118. The second-order valence-corrected chi connectivity index (χ2v) is 10.2. The molecular formula is C32H33FN4O7. The predicted octanol–water partition coefficient (Wildman–Crippen LogP) is 1.89. The molecule has 44 heavy (non-hydrogen) atoms. The number of aliphatic hydroxyl groups excluding tert-OH is 1. The molecule has 0 radical (unpaired) electrons. The normalized spacial score (nSPS) is 16.8. The summed E-state index contributed by atoms with van der Waals surface area (Å²) in [6.07, 6.45) is 1.79. The molecule has 3 aromatic carbocycles. The van der Waals surface area contributed by atoms with E-state index in [0.29, 0.717) is 30.8 Å². The molecule has 11 nitrogen and oxygen atoms in total. The SMILES string of the molecule is COc1ccc(OCCOCCO)c(C(=O)c2ccc(C(=O)N[C@@H]3CNC[C@H]3NC(=O)c3ccc4c(c3)CN=C4)cc2)c1F. The van der Waals surface area contributed by atoms with Crippen LogP contribution in [0.25, 0.3) is 0 Å². The fourth-order valence-corrected chi connectivity index (χ4v) is 5.06. The molecule has 2 heterocycles. The van der Waals surface area contributed by atoms with Crippen LogP contribution in [0.4, 0.5) is 4.39 Å². The lowest BCUT2D eigenvalue weighted by Gasteiger charge is -2.21. The standard InChI is InChI=1S/C32H33FN4O7/c1-42-27-9-8-26(44-13-12-43-11-10-38)28(29(27)33)30(39)19-2-4-20(5-3-19)31(40)36-24-17-35-18-25(24)37-32(41)21-6-7-22-15-34-16-23(22)14-21/h2-9,14-15,24-25,35,38H,10-13,16-18H2,1H3,(H,36,40)(H,37,41)/t24-,25-/m1/s1. The van der Waals surface area contributed by atoms with Crippen molar-refractivity contribution in [2.75, 3.05) is 46.6 Å². The number of carbonyl (C=O) groups excluding carboxylic acids is 3. The smallest absolute Gasteiger partial charge is 0.251 e. The van der Waals surface area contributed by atoms with E-state index in [1.54, 1.807) is 12.3 Å². The zero-order valence-corrected chi connectivity index (χ0v) is 24.1. The van der Waals surface area contributed by atoms with Crippen molar-refractivity contribution in [1.29, 1.82) is 0 Å². The largest absolute Gasteiger partial charge is 0.494 e. The molecule has 1 fully saturated rings. The lowest BCUT2D eigenvalue weighted by atomic mass is 10.00. The third kappa shape index (κ3) is 6.94. The number of ether oxygens (including phenoxy) is 3. The van der Waals surface area contributed by atoms with Crippen LogP contribution in [0, 0.1) is 5.82 Å². The van der Waals surface area contributed by atoms with Gasteiger partial charge in [-0.2, -0.15) is 0 Å². The summed E-state index contributed by atoms with van der Waals surface area (Å²) < 4.78 is 31.0. The van der Waals surface area contributed by atoms with Crippen LogP contribution in [0.2, 0.25) is 0 Å². The Kier molecular flexibility index (Phi) is 9.95. The summed E-state index contributed by atoms with van der Waals surface area (Å²) in [6.45, 7) is 1.66. The van der Waals surface area contributed by atoms with Gasteiger partial charge in [0.25, 0.3) is 11.8 Å². The van der Waals surface area contributed by atoms with Crippen molar-refractivity contribution in [3.05, 3.63) is 93.8 Å². The summed E-state index contributed by atoms with van der Waals surface area (Å²) in [5, 5.41) is 18.0. The minimum atomic E-state index is -0.872. The van der Waals surface area contributed by atoms with Gasteiger partial charge >= 0.3 is 0 Å². The highest BCUT2D eigenvalue weighted by atomic mass is 19.1. The average Bonchev–Trinajstić information content (AvgIpc) is 3.69. The number of methoxy groups -OCH3 is 1. The van der Waals surface area contributed by atoms with E-state index in [4.69, 9.17) is 19.3 Å². The van der Waals surface area contributed by atoms with Crippen molar-refractivity contribution in [3.63, 3.8) is 0 Å². The average molecular weight is 605 g/mol. The highest BCUT2D eigenvalue weighted by Gasteiger charge is 2.31. The number of nitrogens with zero attached hydrogens (tertiary/aromatic N) is 1.